The van der Waals surface area contributed by atoms with E-state index in [1.807, 2.05) is 23.8 Å². The highest BCUT2D eigenvalue weighted by atomic mass is 16.5. The van der Waals surface area contributed by atoms with Crippen LogP contribution < -0.4 is 0 Å². The summed E-state index contributed by atoms with van der Waals surface area (Å²) in [5.41, 5.74) is 0. The molecule has 0 bridgehead atoms. The fourth-order valence-corrected chi connectivity index (χ4v) is 1.06. The van der Waals surface area contributed by atoms with E-state index in [4.69, 9.17) is 4.52 Å². The number of nitrogens with zero attached hydrogens (tertiary/aromatic N) is 3. The van der Waals surface area contributed by atoms with Gasteiger partial charge in [-0.3, -0.25) is 0 Å². The molecule has 62 valence electrons. The Morgan fingerprint density at radius 1 is 1.50 bits per heavy atom. The van der Waals surface area contributed by atoms with Crippen LogP contribution in [0.15, 0.2) is 29.2 Å². The summed E-state index contributed by atoms with van der Waals surface area (Å²) in [4.78, 5) is 4.10. The van der Waals surface area contributed by atoms with Crippen LogP contribution in [0, 0.1) is 6.92 Å². The van der Waals surface area contributed by atoms with Crippen LogP contribution in [0.1, 0.15) is 11.6 Å². The molecule has 0 aliphatic heterocycles. The topological polar surface area (TPSA) is 43.9 Å². The SMILES string of the molecule is Cc1nccn1Cc1ccno1. The molecular weight excluding hydrogens is 154 g/mol. The Balaban J connectivity index is 2.20. The van der Waals surface area contributed by atoms with Gasteiger partial charge < -0.3 is 9.09 Å². The van der Waals surface area contributed by atoms with Crippen LogP contribution in [0.2, 0.25) is 0 Å². The van der Waals surface area contributed by atoms with E-state index < -0.39 is 0 Å². The molecule has 2 aromatic heterocycles. The van der Waals surface area contributed by atoms with Crippen molar-refractivity contribution in [3.63, 3.8) is 0 Å². The maximum Gasteiger partial charge on any atom is 0.156 e. The quantitative estimate of drug-likeness (QED) is 0.668. The van der Waals surface area contributed by atoms with Crippen LogP contribution in [0.3, 0.4) is 0 Å². The lowest BCUT2D eigenvalue weighted by Crippen LogP contribution is -1.99. The van der Waals surface area contributed by atoms with Crippen molar-refractivity contribution < 1.29 is 4.52 Å². The third kappa shape index (κ3) is 1.23. The molecule has 2 aromatic rings. The van der Waals surface area contributed by atoms with Crippen molar-refractivity contribution in [1.82, 2.24) is 14.7 Å². The van der Waals surface area contributed by atoms with Gasteiger partial charge in [0.15, 0.2) is 5.76 Å². The van der Waals surface area contributed by atoms with Crippen molar-refractivity contribution >= 4 is 0 Å². The Hall–Kier alpha value is -1.58. The van der Waals surface area contributed by atoms with E-state index in [1.165, 1.54) is 0 Å². The first-order valence-electron chi connectivity index (χ1n) is 3.73. The molecule has 12 heavy (non-hydrogen) atoms. The lowest BCUT2D eigenvalue weighted by Gasteiger charge is -1.99. The van der Waals surface area contributed by atoms with Gasteiger partial charge in [0.05, 0.1) is 12.7 Å². The predicted octanol–water partition coefficient (Wildman–Crippen LogP) is 1.23. The monoisotopic (exact) mass is 163 g/mol. The predicted molar refractivity (Wildman–Crippen MR) is 42.6 cm³/mol. The van der Waals surface area contributed by atoms with Crippen molar-refractivity contribution in [3.8, 4) is 0 Å². The number of hydrogen-bond donors (Lipinski definition) is 0. The molecule has 0 fully saturated rings. The van der Waals surface area contributed by atoms with Crippen LogP contribution in [-0.2, 0) is 6.54 Å². The minimum atomic E-state index is 0.700. The second kappa shape index (κ2) is 2.81. The third-order valence-electron chi connectivity index (χ3n) is 1.74. The highest BCUT2D eigenvalue weighted by Crippen LogP contribution is 2.02. The molecule has 0 radical (unpaired) electrons. The smallest absolute Gasteiger partial charge is 0.156 e. The van der Waals surface area contributed by atoms with E-state index in [2.05, 4.69) is 10.1 Å². The number of imidazole rings is 1. The van der Waals surface area contributed by atoms with Gasteiger partial charge in [0, 0.05) is 18.5 Å². The Morgan fingerprint density at radius 3 is 3.00 bits per heavy atom. The van der Waals surface area contributed by atoms with E-state index in [1.54, 1.807) is 12.4 Å². The summed E-state index contributed by atoms with van der Waals surface area (Å²) in [5.74, 6) is 1.82. The molecule has 2 heterocycles. The Labute approximate surface area is 69.8 Å². The van der Waals surface area contributed by atoms with Crippen molar-refractivity contribution in [3.05, 3.63) is 36.2 Å². The highest BCUT2D eigenvalue weighted by Gasteiger charge is 2.00. The second-order valence-corrected chi connectivity index (χ2v) is 2.58. The lowest BCUT2D eigenvalue weighted by atomic mass is 10.4. The normalized spacial score (nSPS) is 10.4. The third-order valence-corrected chi connectivity index (χ3v) is 1.74. The van der Waals surface area contributed by atoms with Gasteiger partial charge in [-0.1, -0.05) is 5.16 Å². The van der Waals surface area contributed by atoms with Crippen molar-refractivity contribution in [2.75, 3.05) is 0 Å². The molecule has 0 aliphatic rings. The van der Waals surface area contributed by atoms with Crippen LogP contribution in [0.5, 0.6) is 0 Å². The first-order chi connectivity index (χ1) is 5.86. The summed E-state index contributed by atoms with van der Waals surface area (Å²) in [6.07, 6.45) is 5.32. The molecule has 0 aromatic carbocycles. The molecule has 0 unspecified atom stereocenters. The average Bonchev–Trinajstić information content (AvgIpc) is 2.65. The molecule has 0 saturated heterocycles. The minimum absolute atomic E-state index is 0.700. The standard InChI is InChI=1S/C8H9N3O/c1-7-9-4-5-11(7)6-8-2-3-10-12-8/h2-5H,6H2,1H3. The number of aromatic nitrogens is 3. The second-order valence-electron chi connectivity index (χ2n) is 2.58. The highest BCUT2D eigenvalue weighted by molar-refractivity contribution is 4.98. The molecule has 2 rings (SSSR count). The van der Waals surface area contributed by atoms with Crippen molar-refractivity contribution in [1.29, 1.82) is 0 Å². The van der Waals surface area contributed by atoms with Gasteiger partial charge in [-0.15, -0.1) is 0 Å². The molecule has 0 spiro atoms. The Kier molecular flexibility index (Phi) is 1.66. The summed E-state index contributed by atoms with van der Waals surface area (Å²) in [6, 6.07) is 1.85. The van der Waals surface area contributed by atoms with E-state index in [-0.39, 0.29) is 0 Å². The van der Waals surface area contributed by atoms with Crippen LogP contribution in [0.25, 0.3) is 0 Å². The van der Waals surface area contributed by atoms with E-state index >= 15 is 0 Å². The zero-order chi connectivity index (χ0) is 8.39. The zero-order valence-electron chi connectivity index (χ0n) is 6.77. The number of hydrogen-bond acceptors (Lipinski definition) is 3. The number of aryl methyl sites for hydroxylation is 1. The summed E-state index contributed by atoms with van der Waals surface area (Å²) in [7, 11) is 0. The Bertz CT molecular complexity index is 350. The minimum Gasteiger partial charge on any atom is -0.359 e. The lowest BCUT2D eigenvalue weighted by molar-refractivity contribution is 0.375. The fourth-order valence-electron chi connectivity index (χ4n) is 1.06. The summed E-state index contributed by atoms with van der Waals surface area (Å²) < 4.78 is 6.96. The maximum absolute atomic E-state index is 4.96. The Morgan fingerprint density at radius 2 is 2.42 bits per heavy atom. The summed E-state index contributed by atoms with van der Waals surface area (Å²) in [5, 5.41) is 3.62. The van der Waals surface area contributed by atoms with Gasteiger partial charge in [-0.25, -0.2) is 4.98 Å². The van der Waals surface area contributed by atoms with Gasteiger partial charge in [-0.05, 0) is 6.92 Å². The first kappa shape index (κ1) is 7.09. The maximum atomic E-state index is 4.96. The van der Waals surface area contributed by atoms with Gasteiger partial charge in [0.2, 0.25) is 0 Å². The molecule has 0 atom stereocenters. The van der Waals surface area contributed by atoms with Crippen LogP contribution in [0.4, 0.5) is 0 Å². The van der Waals surface area contributed by atoms with Crippen molar-refractivity contribution in [2.45, 2.75) is 13.5 Å². The van der Waals surface area contributed by atoms with Crippen molar-refractivity contribution in [2.24, 2.45) is 0 Å². The molecule has 0 amide bonds. The molecule has 0 aliphatic carbocycles. The summed E-state index contributed by atoms with van der Waals surface area (Å²) >= 11 is 0. The number of rotatable bonds is 2. The van der Waals surface area contributed by atoms with Crippen LogP contribution in [-0.4, -0.2) is 14.7 Å². The van der Waals surface area contributed by atoms with Gasteiger partial charge in [-0.2, -0.15) is 0 Å². The zero-order valence-corrected chi connectivity index (χ0v) is 6.77. The van der Waals surface area contributed by atoms with E-state index in [0.717, 1.165) is 11.6 Å². The summed E-state index contributed by atoms with van der Waals surface area (Å²) in [6.45, 7) is 2.65. The van der Waals surface area contributed by atoms with Crippen LogP contribution >= 0.6 is 0 Å². The molecule has 0 N–H and O–H groups in total. The van der Waals surface area contributed by atoms with Gasteiger partial charge in [0.25, 0.3) is 0 Å². The molecule has 4 nitrogen and oxygen atoms in total. The molecule has 4 heteroatoms. The van der Waals surface area contributed by atoms with Gasteiger partial charge in [0.1, 0.15) is 5.82 Å². The largest absolute Gasteiger partial charge is 0.359 e. The average molecular weight is 163 g/mol. The molecular formula is C8H9N3O. The fraction of sp³-hybridized carbons (Fsp3) is 0.250. The first-order valence-corrected chi connectivity index (χ1v) is 3.73. The van der Waals surface area contributed by atoms with E-state index in [9.17, 15) is 0 Å². The molecule has 0 saturated carbocycles. The van der Waals surface area contributed by atoms with Gasteiger partial charge >= 0.3 is 0 Å². The van der Waals surface area contributed by atoms with E-state index in [0.29, 0.717) is 6.54 Å².